The Labute approximate surface area is 197 Å². The van der Waals surface area contributed by atoms with Crippen molar-refractivity contribution in [3.05, 3.63) is 77.1 Å². The molecule has 0 saturated carbocycles. The molecule has 0 atom stereocenters. The number of carboxylic acid groups (broad SMARTS) is 1. The van der Waals surface area contributed by atoms with Crippen molar-refractivity contribution in [3.63, 3.8) is 0 Å². The number of hydrogen-bond acceptors (Lipinski definition) is 4. The summed E-state index contributed by atoms with van der Waals surface area (Å²) in [5.74, 6) is -0.0329. The largest absolute Gasteiger partial charge is 0.493 e. The number of benzene rings is 1. The van der Waals surface area contributed by atoms with E-state index in [0.29, 0.717) is 19.4 Å². The van der Waals surface area contributed by atoms with Gasteiger partial charge in [-0.3, -0.25) is 9.59 Å². The molecule has 1 aromatic rings. The van der Waals surface area contributed by atoms with Gasteiger partial charge in [-0.1, -0.05) is 43.0 Å². The highest BCUT2D eigenvalue weighted by molar-refractivity contribution is 5.80. The second kappa shape index (κ2) is 13.4. The van der Waals surface area contributed by atoms with E-state index in [4.69, 9.17) is 9.84 Å². The summed E-state index contributed by atoms with van der Waals surface area (Å²) in [5.41, 5.74) is 5.00. The number of ether oxygens (including phenoxy) is 1. The molecule has 0 saturated heterocycles. The molecule has 0 aliphatic carbocycles. The molecule has 0 spiro atoms. The van der Waals surface area contributed by atoms with Gasteiger partial charge in [0, 0.05) is 37.2 Å². The minimum atomic E-state index is -0.786. The molecular formula is C27H36N2O4. The van der Waals surface area contributed by atoms with Crippen LogP contribution in [0.3, 0.4) is 0 Å². The lowest BCUT2D eigenvalue weighted by Gasteiger charge is -2.29. The third-order valence-corrected chi connectivity index (χ3v) is 5.57. The minimum Gasteiger partial charge on any atom is -0.493 e. The Morgan fingerprint density at radius 3 is 2.70 bits per heavy atom. The quantitative estimate of drug-likeness (QED) is 0.455. The molecule has 178 valence electrons. The van der Waals surface area contributed by atoms with Crippen LogP contribution in [-0.2, 0) is 29.0 Å². The van der Waals surface area contributed by atoms with Crippen molar-refractivity contribution in [2.24, 2.45) is 0 Å². The number of carbonyl (C=O) groups is 2. The van der Waals surface area contributed by atoms with Gasteiger partial charge in [-0.15, -0.1) is 0 Å². The van der Waals surface area contributed by atoms with Gasteiger partial charge < -0.3 is 20.1 Å². The number of carbonyl (C=O) groups excluding carboxylic acids is 1. The smallest absolute Gasteiger partial charge is 0.303 e. The summed E-state index contributed by atoms with van der Waals surface area (Å²) in [6, 6.07) is 3.94. The fourth-order valence-electron chi connectivity index (χ4n) is 3.79. The zero-order chi connectivity index (χ0) is 24.2. The Balaban J connectivity index is 1.95. The van der Waals surface area contributed by atoms with E-state index in [0.717, 1.165) is 42.1 Å². The Bertz CT molecular complexity index is 944. The predicted octanol–water partition coefficient (Wildman–Crippen LogP) is 4.56. The highest BCUT2D eigenvalue weighted by Crippen LogP contribution is 2.31. The molecule has 1 aromatic carbocycles. The number of fused-ring (bicyclic) bond motifs is 1. The predicted molar refractivity (Wildman–Crippen MR) is 132 cm³/mol. The molecule has 0 aromatic heterocycles. The van der Waals surface area contributed by atoms with Gasteiger partial charge in [0.15, 0.2) is 0 Å². The number of likely N-dealkylation sites (N-methyl/N-ethyl adjacent to an activating group) is 1. The zero-order valence-electron chi connectivity index (χ0n) is 20.0. The molecular weight excluding hydrogens is 416 g/mol. The standard InChI is InChI=1S/C27H36N2O4/c1-5-7-8-9-20(3)18-26(30)28-22(6-2)15-17-33-25-12-10-21(11-13-27(31)32)24-19-29(4)16-14-23(24)25/h5-10,12H,3,11,13-19H2,1-2,4H3,(H,28,30)(H,31,32)/b7-5-,9-8-,22-6+. The average molecular weight is 453 g/mol. The van der Waals surface area contributed by atoms with Crippen LogP contribution in [0.1, 0.15) is 49.8 Å². The van der Waals surface area contributed by atoms with Crippen LogP contribution in [0.15, 0.2) is 60.4 Å². The number of rotatable bonds is 12. The summed E-state index contributed by atoms with van der Waals surface area (Å²) in [4.78, 5) is 25.6. The Kier molecular flexibility index (Phi) is 10.6. The third kappa shape index (κ3) is 8.73. The summed E-state index contributed by atoms with van der Waals surface area (Å²) in [7, 11) is 2.07. The molecule has 0 bridgehead atoms. The monoisotopic (exact) mass is 452 g/mol. The van der Waals surface area contributed by atoms with Crippen LogP contribution < -0.4 is 10.1 Å². The van der Waals surface area contributed by atoms with Crippen LogP contribution in [0.4, 0.5) is 0 Å². The molecule has 0 unspecified atom stereocenters. The van der Waals surface area contributed by atoms with E-state index in [1.807, 2.05) is 56.4 Å². The van der Waals surface area contributed by atoms with Gasteiger partial charge in [-0.2, -0.15) is 0 Å². The summed E-state index contributed by atoms with van der Waals surface area (Å²) in [6.45, 7) is 9.92. The lowest BCUT2D eigenvalue weighted by molar-refractivity contribution is -0.137. The van der Waals surface area contributed by atoms with Gasteiger partial charge >= 0.3 is 5.97 Å². The van der Waals surface area contributed by atoms with Crippen molar-refractivity contribution < 1.29 is 19.4 Å². The normalized spacial score (nSPS) is 14.5. The van der Waals surface area contributed by atoms with Crippen molar-refractivity contribution in [3.8, 4) is 5.75 Å². The van der Waals surface area contributed by atoms with Crippen molar-refractivity contribution in [1.82, 2.24) is 10.2 Å². The van der Waals surface area contributed by atoms with Crippen LogP contribution >= 0.6 is 0 Å². The molecule has 2 N–H and O–H groups in total. The molecule has 1 amide bonds. The third-order valence-electron chi connectivity index (χ3n) is 5.57. The van der Waals surface area contributed by atoms with Crippen LogP contribution in [0.2, 0.25) is 0 Å². The maximum absolute atomic E-state index is 12.3. The van der Waals surface area contributed by atoms with Crippen molar-refractivity contribution in [2.75, 3.05) is 20.2 Å². The summed E-state index contributed by atoms with van der Waals surface area (Å²) in [5, 5.41) is 12.0. The van der Waals surface area contributed by atoms with E-state index < -0.39 is 5.97 Å². The molecule has 2 rings (SSSR count). The van der Waals surface area contributed by atoms with Crippen LogP contribution in [0.5, 0.6) is 5.75 Å². The second-order valence-corrected chi connectivity index (χ2v) is 8.24. The van der Waals surface area contributed by atoms with Gasteiger partial charge in [0.05, 0.1) is 13.0 Å². The first kappa shape index (κ1) is 26.1. The molecule has 1 heterocycles. The average Bonchev–Trinajstić information content (AvgIpc) is 2.77. The van der Waals surface area contributed by atoms with E-state index >= 15 is 0 Å². The number of allylic oxidation sites excluding steroid dienone is 5. The van der Waals surface area contributed by atoms with Gasteiger partial charge in [-0.25, -0.2) is 0 Å². The van der Waals surface area contributed by atoms with Crippen LogP contribution in [-0.4, -0.2) is 42.1 Å². The Hall–Kier alpha value is -3.12. The number of aryl methyl sites for hydroxylation is 1. The van der Waals surface area contributed by atoms with Crippen LogP contribution in [0, 0.1) is 0 Å². The van der Waals surface area contributed by atoms with Crippen LogP contribution in [0.25, 0.3) is 0 Å². The lowest BCUT2D eigenvalue weighted by Crippen LogP contribution is -2.28. The first-order chi connectivity index (χ1) is 15.8. The number of amides is 1. The summed E-state index contributed by atoms with van der Waals surface area (Å²) in [6.07, 6.45) is 11.7. The second-order valence-electron chi connectivity index (χ2n) is 8.24. The van der Waals surface area contributed by atoms with E-state index in [1.54, 1.807) is 0 Å². The zero-order valence-corrected chi connectivity index (χ0v) is 20.0. The van der Waals surface area contributed by atoms with E-state index in [-0.39, 0.29) is 18.7 Å². The van der Waals surface area contributed by atoms with Gasteiger partial charge in [-0.05, 0) is 56.5 Å². The molecule has 0 radical (unpaired) electrons. The van der Waals surface area contributed by atoms with Crippen molar-refractivity contribution in [2.45, 2.75) is 52.5 Å². The van der Waals surface area contributed by atoms with E-state index in [1.165, 1.54) is 11.1 Å². The SMILES string of the molecule is C=C(/C=C\C=C/C)CC(=O)N/C(=C/C)CCOc1ccc(CCC(=O)O)c2c1CCN(C)C2. The number of aliphatic carboxylic acids is 1. The molecule has 33 heavy (non-hydrogen) atoms. The topological polar surface area (TPSA) is 78.9 Å². The lowest BCUT2D eigenvalue weighted by atomic mass is 9.92. The highest BCUT2D eigenvalue weighted by atomic mass is 16.5. The Morgan fingerprint density at radius 1 is 1.21 bits per heavy atom. The van der Waals surface area contributed by atoms with Gasteiger partial charge in [0.2, 0.25) is 5.91 Å². The van der Waals surface area contributed by atoms with Gasteiger partial charge in [0.1, 0.15) is 5.75 Å². The fourth-order valence-corrected chi connectivity index (χ4v) is 3.79. The molecule has 1 aliphatic rings. The van der Waals surface area contributed by atoms with Crippen molar-refractivity contribution >= 4 is 11.9 Å². The number of carboxylic acids is 1. The first-order valence-electron chi connectivity index (χ1n) is 11.4. The van der Waals surface area contributed by atoms with E-state index in [2.05, 4.69) is 23.8 Å². The number of nitrogens with one attached hydrogen (secondary N) is 1. The molecule has 0 fully saturated rings. The number of nitrogens with zero attached hydrogens (tertiary/aromatic N) is 1. The maximum atomic E-state index is 12.3. The maximum Gasteiger partial charge on any atom is 0.303 e. The molecule has 1 aliphatic heterocycles. The molecule has 6 nitrogen and oxygen atoms in total. The summed E-state index contributed by atoms with van der Waals surface area (Å²) >= 11 is 0. The number of hydrogen-bond donors (Lipinski definition) is 2. The Morgan fingerprint density at radius 2 is 2.00 bits per heavy atom. The summed E-state index contributed by atoms with van der Waals surface area (Å²) < 4.78 is 6.12. The van der Waals surface area contributed by atoms with E-state index in [9.17, 15) is 9.59 Å². The van der Waals surface area contributed by atoms with Gasteiger partial charge in [0.25, 0.3) is 0 Å². The fraction of sp³-hybridized carbons (Fsp3) is 0.407. The first-order valence-corrected chi connectivity index (χ1v) is 11.4. The highest BCUT2D eigenvalue weighted by Gasteiger charge is 2.21. The molecule has 6 heteroatoms. The van der Waals surface area contributed by atoms with Crippen molar-refractivity contribution in [1.29, 1.82) is 0 Å². The minimum absolute atomic E-state index is 0.0959.